The van der Waals surface area contributed by atoms with Crippen LogP contribution >= 0.6 is 0 Å². The highest BCUT2D eigenvalue weighted by atomic mass is 16.2. The maximum atomic E-state index is 12.9. The maximum Gasteiger partial charge on any atom is 0.223 e. The van der Waals surface area contributed by atoms with E-state index in [1.54, 1.807) is 0 Å². The molecule has 25 heavy (non-hydrogen) atoms. The summed E-state index contributed by atoms with van der Waals surface area (Å²) in [4.78, 5) is 15.0. The molecule has 0 aromatic heterocycles. The van der Waals surface area contributed by atoms with Crippen LogP contribution in [0.15, 0.2) is 60.7 Å². The third kappa shape index (κ3) is 4.93. The van der Waals surface area contributed by atoms with Gasteiger partial charge in [-0.3, -0.25) is 4.79 Å². The number of amides is 1. The van der Waals surface area contributed by atoms with Crippen molar-refractivity contribution in [3.63, 3.8) is 0 Å². The molecule has 3 heteroatoms. The van der Waals surface area contributed by atoms with Gasteiger partial charge in [-0.05, 0) is 43.4 Å². The van der Waals surface area contributed by atoms with E-state index < -0.39 is 0 Å². The highest BCUT2D eigenvalue weighted by molar-refractivity contribution is 5.77. The number of carbonyl (C=O) groups excluding carboxylic acids is 1. The molecule has 0 bridgehead atoms. The first-order valence-electron chi connectivity index (χ1n) is 9.30. The lowest BCUT2D eigenvalue weighted by molar-refractivity contribution is -0.132. The lowest BCUT2D eigenvalue weighted by atomic mass is 9.88. The summed E-state index contributed by atoms with van der Waals surface area (Å²) in [5.41, 5.74) is 2.54. The van der Waals surface area contributed by atoms with Crippen LogP contribution in [0.2, 0.25) is 0 Å². The lowest BCUT2D eigenvalue weighted by Gasteiger charge is -2.33. The smallest absolute Gasteiger partial charge is 0.223 e. The minimum Gasteiger partial charge on any atom is -0.341 e. The molecule has 2 aromatic rings. The number of rotatable bonds is 6. The van der Waals surface area contributed by atoms with Crippen molar-refractivity contribution in [3.8, 4) is 0 Å². The fraction of sp³-hybridized carbons (Fsp3) is 0.409. The highest BCUT2D eigenvalue weighted by Gasteiger charge is 2.25. The molecule has 2 aromatic carbocycles. The first-order valence-corrected chi connectivity index (χ1v) is 9.30. The minimum atomic E-state index is 0.228. The van der Waals surface area contributed by atoms with Gasteiger partial charge in [0, 0.05) is 25.6 Å². The third-order valence-electron chi connectivity index (χ3n) is 5.20. The van der Waals surface area contributed by atoms with Crippen molar-refractivity contribution in [2.24, 2.45) is 0 Å². The third-order valence-corrected chi connectivity index (χ3v) is 5.20. The zero-order valence-electron chi connectivity index (χ0n) is 15.0. The van der Waals surface area contributed by atoms with E-state index in [1.807, 2.05) is 24.1 Å². The molecule has 3 nitrogen and oxygen atoms in total. The van der Waals surface area contributed by atoms with Gasteiger partial charge in [0.15, 0.2) is 0 Å². The molecule has 2 atom stereocenters. The molecule has 1 amide bonds. The number of benzene rings is 2. The number of carbonyl (C=O) groups is 1. The minimum absolute atomic E-state index is 0.228. The Morgan fingerprint density at radius 3 is 2.48 bits per heavy atom. The van der Waals surface area contributed by atoms with Crippen molar-refractivity contribution in [1.29, 1.82) is 0 Å². The number of piperidine rings is 1. The average molecular weight is 336 g/mol. The Balaban J connectivity index is 1.72. The fourth-order valence-electron chi connectivity index (χ4n) is 3.71. The van der Waals surface area contributed by atoms with Crippen LogP contribution in [-0.2, 0) is 11.2 Å². The Hall–Kier alpha value is -2.13. The van der Waals surface area contributed by atoms with Gasteiger partial charge in [0.1, 0.15) is 0 Å². The Bertz CT molecular complexity index is 656. The number of nitrogens with one attached hydrogen (secondary N) is 1. The van der Waals surface area contributed by atoms with Crippen LogP contribution in [0.3, 0.4) is 0 Å². The van der Waals surface area contributed by atoms with Gasteiger partial charge < -0.3 is 10.2 Å². The lowest BCUT2D eigenvalue weighted by Crippen LogP contribution is -2.47. The van der Waals surface area contributed by atoms with E-state index in [0.717, 1.165) is 32.4 Å². The zero-order chi connectivity index (χ0) is 17.5. The second-order valence-electron chi connectivity index (χ2n) is 6.97. The number of nitrogens with zero attached hydrogens (tertiary/aromatic N) is 1. The van der Waals surface area contributed by atoms with Crippen molar-refractivity contribution in [1.82, 2.24) is 10.2 Å². The van der Waals surface area contributed by atoms with Crippen LogP contribution in [0, 0.1) is 0 Å². The molecule has 0 aliphatic carbocycles. The summed E-state index contributed by atoms with van der Waals surface area (Å²) >= 11 is 0. The van der Waals surface area contributed by atoms with Gasteiger partial charge in [-0.2, -0.15) is 0 Å². The average Bonchev–Trinajstić information content (AvgIpc) is 2.69. The van der Waals surface area contributed by atoms with Crippen molar-refractivity contribution in [2.75, 3.05) is 20.1 Å². The molecule has 1 heterocycles. The van der Waals surface area contributed by atoms with Crippen LogP contribution < -0.4 is 5.32 Å². The van der Waals surface area contributed by atoms with Gasteiger partial charge in [0.05, 0.1) is 0 Å². The topological polar surface area (TPSA) is 32.3 Å². The molecule has 1 fully saturated rings. The highest BCUT2D eigenvalue weighted by Crippen LogP contribution is 2.26. The summed E-state index contributed by atoms with van der Waals surface area (Å²) in [6.07, 6.45) is 3.73. The van der Waals surface area contributed by atoms with E-state index in [0.29, 0.717) is 12.5 Å². The van der Waals surface area contributed by atoms with E-state index in [-0.39, 0.29) is 11.8 Å². The summed E-state index contributed by atoms with van der Waals surface area (Å²) < 4.78 is 0. The second-order valence-corrected chi connectivity index (χ2v) is 6.97. The van der Waals surface area contributed by atoms with Gasteiger partial charge in [0.2, 0.25) is 5.91 Å². The molecule has 1 N–H and O–H groups in total. The predicted octanol–water partition coefficient (Wildman–Crippen LogP) is 3.61. The molecule has 132 valence electrons. The Labute approximate surface area is 151 Å². The van der Waals surface area contributed by atoms with Gasteiger partial charge in [-0.25, -0.2) is 0 Å². The van der Waals surface area contributed by atoms with Crippen LogP contribution in [0.5, 0.6) is 0 Å². The first kappa shape index (κ1) is 17.7. The molecule has 1 saturated heterocycles. The van der Waals surface area contributed by atoms with E-state index in [1.165, 1.54) is 11.1 Å². The summed E-state index contributed by atoms with van der Waals surface area (Å²) in [6.45, 7) is 1.73. The molecule has 0 saturated carbocycles. The normalized spacial score (nSPS) is 18.8. The molecule has 3 rings (SSSR count). The second kappa shape index (κ2) is 8.82. The number of hydrogen-bond acceptors (Lipinski definition) is 2. The Kier molecular flexibility index (Phi) is 6.24. The van der Waals surface area contributed by atoms with Gasteiger partial charge in [-0.15, -0.1) is 0 Å². The summed E-state index contributed by atoms with van der Waals surface area (Å²) in [5, 5.41) is 3.32. The van der Waals surface area contributed by atoms with Crippen LogP contribution in [0.25, 0.3) is 0 Å². The van der Waals surface area contributed by atoms with Gasteiger partial charge in [-0.1, -0.05) is 60.7 Å². The first-order chi connectivity index (χ1) is 12.3. The molecule has 2 unspecified atom stereocenters. The quantitative estimate of drug-likeness (QED) is 0.874. The summed E-state index contributed by atoms with van der Waals surface area (Å²) in [6, 6.07) is 21.4. The number of likely N-dealkylation sites (tertiary alicyclic amines) is 1. The van der Waals surface area contributed by atoms with Crippen LogP contribution in [-0.4, -0.2) is 37.0 Å². The number of likely N-dealkylation sites (N-methyl/N-ethyl adjacent to an activating group) is 1. The van der Waals surface area contributed by atoms with Crippen LogP contribution in [0.4, 0.5) is 0 Å². The molecule has 1 aliphatic heterocycles. The monoisotopic (exact) mass is 336 g/mol. The van der Waals surface area contributed by atoms with Crippen LogP contribution in [0.1, 0.15) is 36.3 Å². The van der Waals surface area contributed by atoms with E-state index in [2.05, 4.69) is 53.8 Å². The molecule has 1 aliphatic rings. The van der Waals surface area contributed by atoms with Crippen molar-refractivity contribution in [3.05, 3.63) is 71.8 Å². The fourth-order valence-corrected chi connectivity index (χ4v) is 3.71. The predicted molar refractivity (Wildman–Crippen MR) is 103 cm³/mol. The van der Waals surface area contributed by atoms with E-state index in [4.69, 9.17) is 0 Å². The van der Waals surface area contributed by atoms with Crippen molar-refractivity contribution >= 4 is 5.91 Å². The zero-order valence-corrected chi connectivity index (χ0v) is 15.0. The molecule has 0 spiro atoms. The Morgan fingerprint density at radius 2 is 1.80 bits per heavy atom. The Morgan fingerprint density at radius 1 is 1.12 bits per heavy atom. The standard InChI is InChI=1S/C22H28N2O/c1-23-21-13-8-14-24(17-21)22(25)16-20(19-11-6-3-7-12-19)15-18-9-4-2-5-10-18/h2-7,9-12,20-21,23H,8,13-17H2,1H3. The van der Waals surface area contributed by atoms with Gasteiger partial charge in [0.25, 0.3) is 0 Å². The van der Waals surface area contributed by atoms with Crippen molar-refractivity contribution < 1.29 is 4.79 Å². The maximum absolute atomic E-state index is 12.9. The van der Waals surface area contributed by atoms with E-state index in [9.17, 15) is 4.79 Å². The van der Waals surface area contributed by atoms with E-state index >= 15 is 0 Å². The summed E-state index contributed by atoms with van der Waals surface area (Å²) in [5.74, 6) is 0.510. The van der Waals surface area contributed by atoms with Gasteiger partial charge >= 0.3 is 0 Å². The summed E-state index contributed by atoms with van der Waals surface area (Å²) in [7, 11) is 1.99. The van der Waals surface area contributed by atoms with Crippen molar-refractivity contribution in [2.45, 2.75) is 37.6 Å². The molecule has 0 radical (unpaired) electrons. The molecular weight excluding hydrogens is 308 g/mol. The number of hydrogen-bond donors (Lipinski definition) is 1. The largest absolute Gasteiger partial charge is 0.341 e. The molecular formula is C22H28N2O. The SMILES string of the molecule is CNC1CCCN(C(=O)CC(Cc2ccccc2)c2ccccc2)C1.